The number of amides is 2. The lowest BCUT2D eigenvalue weighted by Gasteiger charge is -2.11. The van der Waals surface area contributed by atoms with Gasteiger partial charge in [-0.05, 0) is 56.3 Å². The fourth-order valence-electron chi connectivity index (χ4n) is 2.24. The minimum absolute atomic E-state index is 0.0126. The topological polar surface area (TPSA) is 103 Å². The highest BCUT2D eigenvalue weighted by atomic mass is 35.5. The fourth-order valence-corrected chi connectivity index (χ4v) is 2.42. The zero-order valence-corrected chi connectivity index (χ0v) is 16.9. The van der Waals surface area contributed by atoms with Gasteiger partial charge in [-0.1, -0.05) is 11.6 Å². The standard InChI is InChI=1S/C20H21ClN2O6/c1-12(2)29-15-7-4-13(5-8-15)20(26)28-11-18(24)22-23-19(25)16-10-14(21)6-9-17(16)27-3/h4-10,12H,11H2,1-3H3,(H,22,24)(H,23,25). The van der Waals surface area contributed by atoms with Crippen LogP contribution >= 0.6 is 11.6 Å². The lowest BCUT2D eigenvalue weighted by molar-refractivity contribution is -0.125. The Morgan fingerprint density at radius 1 is 1.03 bits per heavy atom. The van der Waals surface area contributed by atoms with Crippen molar-refractivity contribution in [2.75, 3.05) is 13.7 Å². The molecule has 0 aliphatic carbocycles. The van der Waals surface area contributed by atoms with E-state index in [4.69, 9.17) is 25.8 Å². The third-order valence-corrected chi connectivity index (χ3v) is 3.75. The van der Waals surface area contributed by atoms with Crippen LogP contribution in [0.25, 0.3) is 0 Å². The summed E-state index contributed by atoms with van der Waals surface area (Å²) in [6, 6.07) is 10.8. The van der Waals surface area contributed by atoms with Crippen LogP contribution in [0.2, 0.25) is 5.02 Å². The second-order valence-corrected chi connectivity index (χ2v) is 6.55. The average Bonchev–Trinajstić information content (AvgIpc) is 2.70. The molecule has 9 heteroatoms. The van der Waals surface area contributed by atoms with Gasteiger partial charge in [0.25, 0.3) is 11.8 Å². The first-order valence-corrected chi connectivity index (χ1v) is 9.04. The molecule has 2 N–H and O–H groups in total. The van der Waals surface area contributed by atoms with E-state index in [1.165, 1.54) is 31.4 Å². The summed E-state index contributed by atoms with van der Waals surface area (Å²) in [7, 11) is 1.40. The number of ether oxygens (including phenoxy) is 3. The van der Waals surface area contributed by atoms with Crippen LogP contribution in [0.15, 0.2) is 42.5 Å². The van der Waals surface area contributed by atoms with Crippen LogP contribution in [0.3, 0.4) is 0 Å². The number of benzene rings is 2. The summed E-state index contributed by atoms with van der Waals surface area (Å²) in [6.07, 6.45) is 0.0126. The largest absolute Gasteiger partial charge is 0.496 e. The van der Waals surface area contributed by atoms with Crippen molar-refractivity contribution in [2.45, 2.75) is 20.0 Å². The highest BCUT2D eigenvalue weighted by Gasteiger charge is 2.15. The molecule has 0 saturated heterocycles. The maximum atomic E-state index is 12.2. The smallest absolute Gasteiger partial charge is 0.338 e. The monoisotopic (exact) mass is 420 g/mol. The number of halogens is 1. The first-order valence-electron chi connectivity index (χ1n) is 8.66. The Kier molecular flexibility index (Phi) is 7.85. The molecule has 2 amide bonds. The van der Waals surface area contributed by atoms with Crippen LogP contribution in [0.4, 0.5) is 0 Å². The van der Waals surface area contributed by atoms with Crippen LogP contribution in [0.5, 0.6) is 11.5 Å². The summed E-state index contributed by atoms with van der Waals surface area (Å²) in [5, 5.41) is 0.334. The maximum Gasteiger partial charge on any atom is 0.338 e. The first kappa shape index (κ1) is 22.0. The Hall–Kier alpha value is -3.26. The summed E-state index contributed by atoms with van der Waals surface area (Å²) in [4.78, 5) is 36.0. The molecule has 0 heterocycles. The van der Waals surface area contributed by atoms with Gasteiger partial charge in [-0.25, -0.2) is 4.79 Å². The predicted molar refractivity (Wildman–Crippen MR) is 106 cm³/mol. The third-order valence-electron chi connectivity index (χ3n) is 3.52. The van der Waals surface area contributed by atoms with E-state index in [1.54, 1.807) is 18.2 Å². The Bertz CT molecular complexity index is 883. The summed E-state index contributed by atoms with van der Waals surface area (Å²) in [5.41, 5.74) is 4.76. The summed E-state index contributed by atoms with van der Waals surface area (Å²) < 4.78 is 15.5. The second kappa shape index (κ2) is 10.3. The molecule has 2 aromatic carbocycles. The number of esters is 1. The molecule has 0 aliphatic heterocycles. The lowest BCUT2D eigenvalue weighted by atomic mass is 10.2. The molecular formula is C20H21ClN2O6. The number of methoxy groups -OCH3 is 1. The van der Waals surface area contributed by atoms with Gasteiger partial charge in [-0.15, -0.1) is 0 Å². The maximum absolute atomic E-state index is 12.2. The van der Waals surface area contributed by atoms with Crippen LogP contribution in [-0.4, -0.2) is 37.6 Å². The highest BCUT2D eigenvalue weighted by molar-refractivity contribution is 6.31. The molecule has 0 radical (unpaired) electrons. The summed E-state index contributed by atoms with van der Waals surface area (Å²) in [5.74, 6) is -1.12. The Morgan fingerprint density at radius 2 is 1.72 bits per heavy atom. The predicted octanol–water partition coefficient (Wildman–Crippen LogP) is 2.75. The van der Waals surface area contributed by atoms with E-state index < -0.39 is 24.4 Å². The fraction of sp³-hybridized carbons (Fsp3) is 0.250. The van der Waals surface area contributed by atoms with Crippen molar-refractivity contribution in [1.29, 1.82) is 0 Å². The number of rotatable bonds is 7. The van der Waals surface area contributed by atoms with Gasteiger partial charge in [0.05, 0.1) is 24.3 Å². The molecule has 29 heavy (non-hydrogen) atoms. The van der Waals surface area contributed by atoms with Crippen molar-refractivity contribution in [3.8, 4) is 11.5 Å². The van der Waals surface area contributed by atoms with Gasteiger partial charge in [-0.2, -0.15) is 0 Å². The minimum Gasteiger partial charge on any atom is -0.496 e. The van der Waals surface area contributed by atoms with Crippen molar-refractivity contribution in [3.05, 3.63) is 58.6 Å². The number of hydrogen-bond acceptors (Lipinski definition) is 6. The third kappa shape index (κ3) is 6.69. The molecule has 154 valence electrons. The van der Waals surface area contributed by atoms with Gasteiger partial charge in [0, 0.05) is 5.02 Å². The van der Waals surface area contributed by atoms with Crippen molar-refractivity contribution >= 4 is 29.4 Å². The van der Waals surface area contributed by atoms with Crippen molar-refractivity contribution in [1.82, 2.24) is 10.9 Å². The second-order valence-electron chi connectivity index (χ2n) is 6.11. The number of nitrogens with one attached hydrogen (secondary N) is 2. The Morgan fingerprint density at radius 3 is 2.34 bits per heavy atom. The Labute approximate surface area is 173 Å². The number of carbonyl (C=O) groups is 3. The molecule has 0 atom stereocenters. The molecule has 0 spiro atoms. The zero-order valence-electron chi connectivity index (χ0n) is 16.2. The van der Waals surface area contributed by atoms with E-state index in [9.17, 15) is 14.4 Å². The van der Waals surface area contributed by atoms with Crippen LogP contribution < -0.4 is 20.3 Å². The van der Waals surface area contributed by atoms with Gasteiger partial charge in [0.15, 0.2) is 6.61 Å². The van der Waals surface area contributed by atoms with Crippen LogP contribution in [-0.2, 0) is 9.53 Å². The molecule has 0 fully saturated rings. The molecule has 2 aromatic rings. The molecule has 8 nitrogen and oxygen atoms in total. The van der Waals surface area contributed by atoms with E-state index in [-0.39, 0.29) is 23.0 Å². The van der Waals surface area contributed by atoms with Gasteiger partial charge >= 0.3 is 5.97 Å². The molecule has 2 rings (SSSR count). The van der Waals surface area contributed by atoms with Crippen LogP contribution in [0, 0.1) is 0 Å². The highest BCUT2D eigenvalue weighted by Crippen LogP contribution is 2.22. The van der Waals surface area contributed by atoms with Crippen molar-refractivity contribution < 1.29 is 28.6 Å². The number of hydrazine groups is 1. The van der Waals surface area contributed by atoms with Crippen LogP contribution in [0.1, 0.15) is 34.6 Å². The molecule has 0 aliphatic rings. The van der Waals surface area contributed by atoms with E-state index >= 15 is 0 Å². The van der Waals surface area contributed by atoms with Gasteiger partial charge in [0.2, 0.25) is 0 Å². The van der Waals surface area contributed by atoms with E-state index in [2.05, 4.69) is 10.9 Å². The normalized spacial score (nSPS) is 10.2. The molecule has 0 unspecified atom stereocenters. The minimum atomic E-state index is -0.715. The molecule has 0 saturated carbocycles. The number of carbonyl (C=O) groups excluding carboxylic acids is 3. The zero-order chi connectivity index (χ0) is 21.4. The van der Waals surface area contributed by atoms with E-state index in [1.807, 2.05) is 13.8 Å². The van der Waals surface area contributed by atoms with Gasteiger partial charge in [-0.3, -0.25) is 20.4 Å². The van der Waals surface area contributed by atoms with Crippen molar-refractivity contribution in [2.24, 2.45) is 0 Å². The molecular weight excluding hydrogens is 400 g/mol. The van der Waals surface area contributed by atoms with E-state index in [0.29, 0.717) is 10.8 Å². The van der Waals surface area contributed by atoms with E-state index in [0.717, 1.165) is 0 Å². The van der Waals surface area contributed by atoms with Gasteiger partial charge in [0.1, 0.15) is 11.5 Å². The Balaban J connectivity index is 1.83. The lowest BCUT2D eigenvalue weighted by Crippen LogP contribution is -2.43. The average molecular weight is 421 g/mol. The number of hydrogen-bond donors (Lipinski definition) is 2. The van der Waals surface area contributed by atoms with Gasteiger partial charge < -0.3 is 14.2 Å². The molecule has 0 bridgehead atoms. The summed E-state index contributed by atoms with van der Waals surface area (Å²) >= 11 is 5.87. The SMILES string of the molecule is COc1ccc(Cl)cc1C(=O)NNC(=O)COC(=O)c1ccc(OC(C)C)cc1. The quantitative estimate of drug-likeness (QED) is 0.527. The summed E-state index contributed by atoms with van der Waals surface area (Å²) in [6.45, 7) is 3.21. The van der Waals surface area contributed by atoms with Crippen molar-refractivity contribution in [3.63, 3.8) is 0 Å². The molecule has 0 aromatic heterocycles. The first-order chi connectivity index (χ1) is 13.8.